The van der Waals surface area contributed by atoms with Crippen LogP contribution in [0, 0.1) is 5.41 Å². The maximum absolute atomic E-state index is 12.4. The molecule has 1 N–H and O–H groups in total. The van der Waals surface area contributed by atoms with Crippen molar-refractivity contribution in [3.8, 4) is 0 Å². The first-order valence-corrected chi connectivity index (χ1v) is 9.49. The monoisotopic (exact) mass is 353 g/mol. The molecule has 1 fully saturated rings. The average molecular weight is 353 g/mol. The number of hydrogen-bond donors (Lipinski definition) is 1. The fraction of sp³-hybridized carbons (Fsp3) is 0.550. The lowest BCUT2D eigenvalue weighted by atomic mass is 9.70. The number of rotatable bonds is 5. The molecule has 26 heavy (non-hydrogen) atoms. The number of nitrogens with one attached hydrogen (secondary N) is 1. The van der Waals surface area contributed by atoms with Gasteiger partial charge in [-0.05, 0) is 36.0 Å². The van der Waals surface area contributed by atoms with Crippen LogP contribution in [0.5, 0.6) is 0 Å². The van der Waals surface area contributed by atoms with Crippen LogP contribution in [0.3, 0.4) is 0 Å². The summed E-state index contributed by atoms with van der Waals surface area (Å²) in [4.78, 5) is 16.4. The van der Waals surface area contributed by atoms with E-state index in [0.717, 1.165) is 44.6 Å². The van der Waals surface area contributed by atoms with Gasteiger partial charge in [-0.15, -0.1) is 0 Å². The van der Waals surface area contributed by atoms with Crippen molar-refractivity contribution in [3.05, 3.63) is 46.8 Å². The lowest BCUT2D eigenvalue weighted by Gasteiger charge is -2.36. The van der Waals surface area contributed by atoms with E-state index in [1.165, 1.54) is 23.1 Å². The molecule has 4 rings (SSSR count). The van der Waals surface area contributed by atoms with Gasteiger partial charge in [0.1, 0.15) is 0 Å². The summed E-state index contributed by atoms with van der Waals surface area (Å²) in [7, 11) is 1.85. The van der Waals surface area contributed by atoms with Gasteiger partial charge in [0.25, 0.3) is 0 Å². The molecule has 0 unspecified atom stereocenters. The van der Waals surface area contributed by atoms with E-state index in [1.54, 1.807) is 4.80 Å². The van der Waals surface area contributed by atoms with Gasteiger partial charge >= 0.3 is 0 Å². The minimum absolute atomic E-state index is 0.137. The van der Waals surface area contributed by atoms with Gasteiger partial charge in [-0.3, -0.25) is 9.69 Å². The minimum Gasteiger partial charge on any atom is -0.352 e. The zero-order valence-electron chi connectivity index (χ0n) is 15.7. The molecule has 2 heterocycles. The molecule has 0 atom stereocenters. The fourth-order valence-electron chi connectivity index (χ4n) is 4.06. The summed E-state index contributed by atoms with van der Waals surface area (Å²) < 4.78 is 0. The standard InChI is InChI=1S/C20H27N5O/c1-20(8-4-9-20)19(26)21-11-15-5-3-6-16-13-25(10-7-18(15)16)14-17-12-22-24(2)23-17/h3,5-6,12H,4,7-11,13-14H2,1-2H3,(H,21,26). The van der Waals surface area contributed by atoms with Gasteiger partial charge in [0, 0.05) is 38.6 Å². The van der Waals surface area contributed by atoms with E-state index in [9.17, 15) is 4.79 Å². The number of nitrogens with zero attached hydrogens (tertiary/aromatic N) is 4. The zero-order valence-corrected chi connectivity index (χ0v) is 15.7. The first kappa shape index (κ1) is 17.2. The van der Waals surface area contributed by atoms with Crippen LogP contribution >= 0.6 is 0 Å². The maximum Gasteiger partial charge on any atom is 0.226 e. The summed E-state index contributed by atoms with van der Waals surface area (Å²) >= 11 is 0. The van der Waals surface area contributed by atoms with E-state index in [-0.39, 0.29) is 11.3 Å². The Labute approximate surface area is 154 Å². The molecule has 1 aliphatic heterocycles. The third kappa shape index (κ3) is 3.38. The first-order chi connectivity index (χ1) is 12.5. The number of aryl methyl sites for hydroxylation is 1. The Hall–Kier alpha value is -2.21. The summed E-state index contributed by atoms with van der Waals surface area (Å²) in [6.45, 7) is 5.47. The third-order valence-corrected chi connectivity index (χ3v) is 5.92. The molecule has 1 amide bonds. The highest BCUT2D eigenvalue weighted by Crippen LogP contribution is 2.40. The Morgan fingerprint density at radius 1 is 1.35 bits per heavy atom. The van der Waals surface area contributed by atoms with Gasteiger partial charge in [-0.2, -0.15) is 15.0 Å². The molecule has 1 aromatic heterocycles. The number of aromatic nitrogens is 3. The molecule has 0 saturated heterocycles. The molecular formula is C20H27N5O. The van der Waals surface area contributed by atoms with Crippen molar-refractivity contribution in [2.24, 2.45) is 12.5 Å². The number of carbonyl (C=O) groups is 1. The molecule has 0 spiro atoms. The lowest BCUT2D eigenvalue weighted by molar-refractivity contribution is -0.134. The van der Waals surface area contributed by atoms with Crippen LogP contribution in [0.25, 0.3) is 0 Å². The molecule has 1 aliphatic carbocycles. The molecular weight excluding hydrogens is 326 g/mol. The Morgan fingerprint density at radius 3 is 2.88 bits per heavy atom. The maximum atomic E-state index is 12.4. The largest absolute Gasteiger partial charge is 0.352 e. The molecule has 6 heteroatoms. The Kier molecular flexibility index (Phi) is 4.53. The van der Waals surface area contributed by atoms with Crippen LogP contribution in [-0.4, -0.2) is 32.3 Å². The molecule has 6 nitrogen and oxygen atoms in total. The molecule has 1 aromatic carbocycles. The van der Waals surface area contributed by atoms with Crippen molar-refractivity contribution in [2.75, 3.05) is 6.54 Å². The number of amides is 1. The number of fused-ring (bicyclic) bond motifs is 1. The minimum atomic E-state index is -0.137. The molecule has 0 bridgehead atoms. The highest BCUT2D eigenvalue weighted by atomic mass is 16.2. The van der Waals surface area contributed by atoms with Gasteiger partial charge in [-0.25, -0.2) is 0 Å². The van der Waals surface area contributed by atoms with E-state index in [1.807, 2.05) is 13.2 Å². The van der Waals surface area contributed by atoms with Crippen LogP contribution in [0.2, 0.25) is 0 Å². The van der Waals surface area contributed by atoms with E-state index in [0.29, 0.717) is 6.54 Å². The van der Waals surface area contributed by atoms with Gasteiger partial charge < -0.3 is 5.32 Å². The normalized spacial score (nSPS) is 18.8. The van der Waals surface area contributed by atoms with Crippen molar-refractivity contribution in [1.82, 2.24) is 25.2 Å². The van der Waals surface area contributed by atoms with Gasteiger partial charge in [0.05, 0.1) is 11.9 Å². The SMILES string of the molecule is Cn1ncc(CN2CCc3c(CNC(=O)C4(C)CCC4)cccc3C2)n1. The topological polar surface area (TPSA) is 63.1 Å². The molecule has 1 saturated carbocycles. The molecule has 138 valence electrons. The second-order valence-corrected chi connectivity index (χ2v) is 7.94. The lowest BCUT2D eigenvalue weighted by Crippen LogP contribution is -2.43. The smallest absolute Gasteiger partial charge is 0.226 e. The summed E-state index contributed by atoms with van der Waals surface area (Å²) in [5.41, 5.74) is 4.90. The summed E-state index contributed by atoms with van der Waals surface area (Å²) in [6, 6.07) is 6.47. The van der Waals surface area contributed by atoms with Crippen LogP contribution in [0.4, 0.5) is 0 Å². The van der Waals surface area contributed by atoms with E-state index >= 15 is 0 Å². The third-order valence-electron chi connectivity index (χ3n) is 5.92. The highest BCUT2D eigenvalue weighted by Gasteiger charge is 2.39. The van der Waals surface area contributed by atoms with E-state index in [4.69, 9.17) is 0 Å². The summed E-state index contributed by atoms with van der Waals surface area (Å²) in [5, 5.41) is 11.7. The highest BCUT2D eigenvalue weighted by molar-refractivity contribution is 5.83. The summed E-state index contributed by atoms with van der Waals surface area (Å²) in [6.07, 6.45) is 6.06. The van der Waals surface area contributed by atoms with Crippen LogP contribution in [0.15, 0.2) is 24.4 Å². The quantitative estimate of drug-likeness (QED) is 0.895. The number of benzene rings is 1. The molecule has 2 aromatic rings. The van der Waals surface area contributed by atoms with Crippen LogP contribution < -0.4 is 5.32 Å². The van der Waals surface area contributed by atoms with E-state index < -0.39 is 0 Å². The van der Waals surface area contributed by atoms with Crippen molar-refractivity contribution in [2.45, 2.75) is 52.2 Å². The summed E-state index contributed by atoms with van der Waals surface area (Å²) in [5.74, 6) is 0.210. The van der Waals surface area contributed by atoms with E-state index in [2.05, 4.69) is 45.5 Å². The fourth-order valence-corrected chi connectivity index (χ4v) is 4.06. The van der Waals surface area contributed by atoms with Crippen molar-refractivity contribution < 1.29 is 4.79 Å². The van der Waals surface area contributed by atoms with Crippen molar-refractivity contribution in [1.29, 1.82) is 0 Å². The number of carbonyl (C=O) groups excluding carboxylic acids is 1. The number of hydrogen-bond acceptors (Lipinski definition) is 4. The average Bonchev–Trinajstić information content (AvgIpc) is 3.02. The first-order valence-electron chi connectivity index (χ1n) is 9.49. The van der Waals surface area contributed by atoms with Crippen LogP contribution in [-0.2, 0) is 37.9 Å². The molecule has 0 radical (unpaired) electrons. The predicted molar refractivity (Wildman–Crippen MR) is 99.1 cm³/mol. The predicted octanol–water partition coefficient (Wildman–Crippen LogP) is 2.18. The Bertz CT molecular complexity index is 808. The van der Waals surface area contributed by atoms with Gasteiger partial charge in [0.15, 0.2) is 0 Å². The second kappa shape index (κ2) is 6.83. The molecule has 2 aliphatic rings. The Balaban J connectivity index is 1.40. The second-order valence-electron chi connectivity index (χ2n) is 7.94. The van der Waals surface area contributed by atoms with Gasteiger partial charge in [0.2, 0.25) is 5.91 Å². The van der Waals surface area contributed by atoms with Gasteiger partial charge in [-0.1, -0.05) is 31.5 Å². The van der Waals surface area contributed by atoms with Crippen LogP contribution in [0.1, 0.15) is 48.6 Å². The Morgan fingerprint density at radius 2 is 2.19 bits per heavy atom. The van der Waals surface area contributed by atoms with Crippen molar-refractivity contribution in [3.63, 3.8) is 0 Å². The van der Waals surface area contributed by atoms with Crippen molar-refractivity contribution >= 4 is 5.91 Å². The zero-order chi connectivity index (χ0) is 18.1.